The molecule has 0 heterocycles. The van der Waals surface area contributed by atoms with E-state index >= 15 is 0 Å². The van der Waals surface area contributed by atoms with Gasteiger partial charge in [0.15, 0.2) is 28.2 Å². The van der Waals surface area contributed by atoms with Crippen LogP contribution in [0.2, 0.25) is 0 Å². The van der Waals surface area contributed by atoms with Crippen molar-refractivity contribution in [3.05, 3.63) is 65.0 Å². The number of hydrogen-bond acceptors (Lipinski definition) is 4. The van der Waals surface area contributed by atoms with Gasteiger partial charge in [0.25, 0.3) is 0 Å². The summed E-state index contributed by atoms with van der Waals surface area (Å²) in [5, 5.41) is 0. The second-order valence-electron chi connectivity index (χ2n) is 5.29. The summed E-state index contributed by atoms with van der Waals surface area (Å²) in [6, 6.07) is 6.21. The first-order valence-electron chi connectivity index (χ1n) is 7.25. The van der Waals surface area contributed by atoms with Crippen molar-refractivity contribution in [1.82, 2.24) is 4.72 Å². The van der Waals surface area contributed by atoms with Crippen molar-refractivity contribution in [1.29, 1.82) is 0 Å². The van der Waals surface area contributed by atoms with Gasteiger partial charge in [-0.1, -0.05) is 30.3 Å². The van der Waals surface area contributed by atoms with E-state index < -0.39 is 56.0 Å². The molecule has 1 N–H and O–H groups in total. The Morgan fingerprint density at radius 3 is 1.93 bits per heavy atom. The fourth-order valence-corrected chi connectivity index (χ4v) is 3.56. The molecule has 0 radical (unpaired) electrons. The molecule has 27 heavy (non-hydrogen) atoms. The van der Waals surface area contributed by atoms with E-state index in [1.807, 2.05) is 0 Å². The summed E-state index contributed by atoms with van der Waals surface area (Å²) >= 11 is 0. The molecular weight excluding hydrogens is 397 g/mol. The predicted molar refractivity (Wildman–Crippen MR) is 82.5 cm³/mol. The van der Waals surface area contributed by atoms with Gasteiger partial charge in [-0.2, -0.15) is 4.72 Å². The summed E-state index contributed by atoms with van der Waals surface area (Å²) in [7, 11) is -4.37. The van der Waals surface area contributed by atoms with Gasteiger partial charge in [0, 0.05) is 0 Å². The summed E-state index contributed by atoms with van der Waals surface area (Å²) in [6.45, 7) is 0. The maximum atomic E-state index is 13.8. The third-order valence-corrected chi connectivity index (χ3v) is 4.99. The first kappa shape index (κ1) is 20.8. The van der Waals surface area contributed by atoms with Gasteiger partial charge in [-0.05, 0) is 12.0 Å². The van der Waals surface area contributed by atoms with E-state index in [2.05, 4.69) is 4.74 Å². The molecule has 0 amide bonds. The van der Waals surface area contributed by atoms with Crippen LogP contribution in [0.3, 0.4) is 0 Å². The highest BCUT2D eigenvalue weighted by Gasteiger charge is 2.36. The van der Waals surface area contributed by atoms with Crippen LogP contribution in [-0.4, -0.2) is 27.5 Å². The van der Waals surface area contributed by atoms with Gasteiger partial charge in [-0.3, -0.25) is 4.79 Å². The Bertz CT molecular complexity index is 938. The van der Waals surface area contributed by atoms with E-state index in [1.54, 1.807) is 22.9 Å². The van der Waals surface area contributed by atoms with Crippen LogP contribution < -0.4 is 4.72 Å². The summed E-state index contributed by atoms with van der Waals surface area (Å²) in [4.78, 5) is 9.76. The van der Waals surface area contributed by atoms with Gasteiger partial charge in [0.2, 0.25) is 15.8 Å². The summed E-state index contributed by atoms with van der Waals surface area (Å²) in [5.41, 5.74) is 0.452. The number of carbonyl (C=O) groups is 1. The van der Waals surface area contributed by atoms with Crippen molar-refractivity contribution in [2.45, 2.75) is 17.4 Å². The lowest BCUT2D eigenvalue weighted by atomic mass is 10.1. The Hall–Kier alpha value is -2.53. The fraction of sp³-hybridized carbons (Fsp3) is 0.188. The largest absolute Gasteiger partial charge is 0.468 e. The van der Waals surface area contributed by atoms with Crippen LogP contribution in [0.4, 0.5) is 22.0 Å². The number of nitrogens with one attached hydrogen (secondary N) is 1. The number of carbonyl (C=O) groups excluding carboxylic acids is 1. The number of esters is 1. The van der Waals surface area contributed by atoms with Crippen LogP contribution in [0.15, 0.2) is 35.2 Å². The van der Waals surface area contributed by atoms with Gasteiger partial charge in [-0.15, -0.1) is 0 Å². The fourth-order valence-electron chi connectivity index (χ4n) is 2.23. The highest BCUT2D eigenvalue weighted by Crippen LogP contribution is 2.27. The number of ether oxygens (including phenoxy) is 1. The Morgan fingerprint density at radius 2 is 1.44 bits per heavy atom. The molecule has 0 saturated carbocycles. The molecule has 146 valence electrons. The Kier molecular flexibility index (Phi) is 6.16. The number of sulfonamides is 1. The maximum absolute atomic E-state index is 13.8. The van der Waals surface area contributed by atoms with E-state index in [4.69, 9.17) is 0 Å². The lowest BCUT2D eigenvalue weighted by Crippen LogP contribution is -2.43. The number of benzene rings is 2. The molecule has 0 spiro atoms. The third kappa shape index (κ3) is 4.25. The molecule has 2 rings (SSSR count). The Labute approximate surface area is 150 Å². The Morgan fingerprint density at radius 1 is 0.963 bits per heavy atom. The first-order valence-corrected chi connectivity index (χ1v) is 8.74. The molecule has 0 aliphatic heterocycles. The maximum Gasteiger partial charge on any atom is 0.324 e. The van der Waals surface area contributed by atoms with Crippen molar-refractivity contribution < 1.29 is 39.9 Å². The van der Waals surface area contributed by atoms with Crippen LogP contribution >= 0.6 is 0 Å². The van der Waals surface area contributed by atoms with Crippen LogP contribution in [0.25, 0.3) is 0 Å². The minimum Gasteiger partial charge on any atom is -0.468 e. The Balaban J connectivity index is 2.47. The smallest absolute Gasteiger partial charge is 0.324 e. The number of halogens is 5. The quantitative estimate of drug-likeness (QED) is 0.344. The SMILES string of the molecule is COC(=O)C(Cc1ccccc1)NS(=O)(=O)c1c(F)c(F)c(F)c(F)c1F. The van der Waals surface area contributed by atoms with Gasteiger partial charge in [-0.25, -0.2) is 30.4 Å². The summed E-state index contributed by atoms with van der Waals surface area (Å²) in [6.07, 6.45) is -0.290. The minimum absolute atomic E-state index is 0.290. The van der Waals surface area contributed by atoms with E-state index in [1.165, 1.54) is 12.1 Å². The second-order valence-corrected chi connectivity index (χ2v) is 6.94. The monoisotopic (exact) mass is 409 g/mol. The van der Waals surface area contributed by atoms with Crippen molar-refractivity contribution in [2.75, 3.05) is 7.11 Å². The van der Waals surface area contributed by atoms with E-state index in [0.717, 1.165) is 7.11 Å². The topological polar surface area (TPSA) is 72.5 Å². The zero-order valence-electron chi connectivity index (χ0n) is 13.6. The molecule has 0 saturated heterocycles. The normalized spacial score (nSPS) is 12.7. The molecule has 5 nitrogen and oxygen atoms in total. The molecule has 11 heteroatoms. The van der Waals surface area contributed by atoms with Gasteiger partial charge < -0.3 is 4.74 Å². The van der Waals surface area contributed by atoms with E-state index in [-0.39, 0.29) is 6.42 Å². The van der Waals surface area contributed by atoms with Crippen LogP contribution in [0.1, 0.15) is 5.56 Å². The molecule has 0 bridgehead atoms. The highest BCUT2D eigenvalue weighted by atomic mass is 32.2. The van der Waals surface area contributed by atoms with E-state index in [9.17, 15) is 35.2 Å². The molecule has 2 aromatic carbocycles. The number of methoxy groups -OCH3 is 1. The average molecular weight is 409 g/mol. The zero-order chi connectivity index (χ0) is 20.4. The van der Waals surface area contributed by atoms with Gasteiger partial charge in [0.1, 0.15) is 6.04 Å². The van der Waals surface area contributed by atoms with Crippen molar-refractivity contribution in [2.24, 2.45) is 0 Å². The van der Waals surface area contributed by atoms with Crippen LogP contribution in [-0.2, 0) is 26.0 Å². The third-order valence-electron chi connectivity index (χ3n) is 3.50. The molecule has 0 aliphatic carbocycles. The molecule has 0 aromatic heterocycles. The minimum atomic E-state index is -5.31. The number of rotatable bonds is 6. The molecule has 1 atom stereocenters. The lowest BCUT2D eigenvalue weighted by molar-refractivity contribution is -0.142. The van der Waals surface area contributed by atoms with Gasteiger partial charge >= 0.3 is 5.97 Å². The van der Waals surface area contributed by atoms with Crippen molar-refractivity contribution in [3.63, 3.8) is 0 Å². The highest BCUT2D eigenvalue weighted by molar-refractivity contribution is 7.89. The second kappa shape index (κ2) is 8.01. The summed E-state index contributed by atoms with van der Waals surface area (Å²) in [5.74, 6) is -13.5. The first-order chi connectivity index (χ1) is 12.6. The standard InChI is InChI=1S/C16H12F5NO4S/c1-26-16(23)9(7-8-5-3-2-4-6-8)22-27(24,25)15-13(20)11(18)10(17)12(19)14(15)21/h2-6,9,22H,7H2,1H3. The van der Waals surface area contributed by atoms with Gasteiger partial charge in [0.05, 0.1) is 7.11 Å². The molecule has 2 aromatic rings. The van der Waals surface area contributed by atoms with Crippen LogP contribution in [0.5, 0.6) is 0 Å². The lowest BCUT2D eigenvalue weighted by Gasteiger charge is -2.17. The van der Waals surface area contributed by atoms with Crippen molar-refractivity contribution >= 4 is 16.0 Å². The molecule has 1 unspecified atom stereocenters. The average Bonchev–Trinajstić information content (AvgIpc) is 2.64. The predicted octanol–water partition coefficient (Wildman–Crippen LogP) is 2.44. The number of hydrogen-bond donors (Lipinski definition) is 1. The van der Waals surface area contributed by atoms with E-state index in [0.29, 0.717) is 5.56 Å². The molecule has 0 fully saturated rings. The zero-order valence-corrected chi connectivity index (χ0v) is 14.4. The van der Waals surface area contributed by atoms with Crippen LogP contribution in [0, 0.1) is 29.1 Å². The van der Waals surface area contributed by atoms with Crippen molar-refractivity contribution in [3.8, 4) is 0 Å². The summed E-state index contributed by atoms with van der Waals surface area (Å²) < 4.78 is 97.9. The molecule has 0 aliphatic rings. The molecular formula is C16H12F5NO4S.